The first kappa shape index (κ1) is 52.4. The van der Waals surface area contributed by atoms with Crippen molar-refractivity contribution < 1.29 is 85.5 Å². The molecule has 2 aromatic carbocycles. The number of nitrogens with zero attached hydrogens (tertiary/aromatic N) is 4. The number of hydrogen-bond acceptors (Lipinski definition) is 8. The fourth-order valence-corrected chi connectivity index (χ4v) is 7.37. The van der Waals surface area contributed by atoms with Crippen LogP contribution in [0.15, 0.2) is 97.6 Å². The molecule has 0 radical (unpaired) electrons. The summed E-state index contributed by atoms with van der Waals surface area (Å²) in [4.78, 5) is 44.9. The molecule has 12 nitrogen and oxygen atoms in total. The normalized spacial score (nSPS) is 15.3. The predicted octanol–water partition coefficient (Wildman–Crippen LogP) is 7.33. The van der Waals surface area contributed by atoms with Gasteiger partial charge in [0.2, 0.25) is 0 Å². The number of hydrogen-bond donors (Lipinski definition) is 3. The first-order valence-electron chi connectivity index (χ1n) is 20.9. The van der Waals surface area contributed by atoms with Gasteiger partial charge in [-0.3, -0.25) is 21.0 Å². The molecule has 0 bridgehead atoms. The number of alkyl halides is 6. The van der Waals surface area contributed by atoms with E-state index in [-0.39, 0.29) is 85.3 Å². The number of imidazole rings is 2. The van der Waals surface area contributed by atoms with Crippen LogP contribution in [0.1, 0.15) is 77.6 Å². The Balaban J connectivity index is 0.000000244. The molecule has 2 saturated carbocycles. The molecule has 0 spiro atoms. The molecule has 19 heteroatoms. The minimum atomic E-state index is -4.31. The molecule has 2 aliphatic carbocycles. The quantitative estimate of drug-likeness (QED) is 0.0435. The summed E-state index contributed by atoms with van der Waals surface area (Å²) in [5, 5.41) is 9.16. The molecule has 6 aromatic rings. The number of rotatable bonds is 14. The van der Waals surface area contributed by atoms with Crippen molar-refractivity contribution >= 4 is 12.3 Å². The van der Waals surface area contributed by atoms with Crippen LogP contribution in [0.4, 0.5) is 26.3 Å². The minimum absolute atomic E-state index is 0. The zero-order chi connectivity index (χ0) is 46.8. The van der Waals surface area contributed by atoms with Crippen LogP contribution in [0.5, 0.6) is 11.5 Å². The third-order valence-electron chi connectivity index (χ3n) is 12.1. The first-order chi connectivity index (χ1) is 30.7. The van der Waals surface area contributed by atoms with Crippen molar-refractivity contribution in [2.24, 2.45) is 10.8 Å². The SMILES string of the molecule is CC(C)(COc1ccc(-c2ccc(-c3ncc(C4(C(F)(F)F)CCC4)[nH]3)cn2)cc1)C(=O)O.CC(C)([C-]=O)COc1ccc(-c2ccc(-c3ncc(C4(C(F)(F)F)CCC4)[nH]3)cn2)cc1.[Na+].[OH3+]. The molecule has 0 unspecified atom stereocenters. The monoisotopic (exact) mass is 943 g/mol. The van der Waals surface area contributed by atoms with E-state index in [9.17, 15) is 35.9 Å². The van der Waals surface area contributed by atoms with Crippen LogP contribution in [-0.4, -0.2) is 72.8 Å². The number of carboxylic acids is 1. The van der Waals surface area contributed by atoms with Crippen LogP contribution < -0.4 is 39.0 Å². The molecular weight excluding hydrogens is 894 g/mol. The van der Waals surface area contributed by atoms with Crippen molar-refractivity contribution in [1.82, 2.24) is 29.9 Å². The fourth-order valence-electron chi connectivity index (χ4n) is 7.37. The summed E-state index contributed by atoms with van der Waals surface area (Å²) in [5.41, 5.74) is -0.838. The Kier molecular flexibility index (Phi) is 15.9. The van der Waals surface area contributed by atoms with Gasteiger partial charge in [0.1, 0.15) is 40.6 Å². The number of carboxylic acid groups (broad SMARTS) is 1. The number of aromatic amines is 2. The maximum atomic E-state index is 13.6. The Hall–Kier alpha value is -5.56. The van der Waals surface area contributed by atoms with Gasteiger partial charge in [0.15, 0.2) is 0 Å². The van der Waals surface area contributed by atoms with Crippen LogP contribution >= 0.6 is 0 Å². The third-order valence-corrected chi connectivity index (χ3v) is 12.1. The van der Waals surface area contributed by atoms with Crippen LogP contribution in [0, 0.1) is 10.8 Å². The number of aromatic nitrogens is 6. The van der Waals surface area contributed by atoms with Crippen molar-refractivity contribution in [3.05, 3.63) is 109 Å². The Labute approximate surface area is 405 Å². The Morgan fingerprint density at radius 3 is 1.28 bits per heavy atom. The van der Waals surface area contributed by atoms with E-state index in [1.165, 1.54) is 12.4 Å². The molecular formula is C48H50F6N6NaO6+. The largest absolute Gasteiger partial charge is 1.00 e. The van der Waals surface area contributed by atoms with Gasteiger partial charge in [-0.25, -0.2) is 9.97 Å². The summed E-state index contributed by atoms with van der Waals surface area (Å²) in [7, 11) is 0. The Morgan fingerprint density at radius 2 is 0.985 bits per heavy atom. The molecule has 4 heterocycles. The molecule has 8 rings (SSSR count). The van der Waals surface area contributed by atoms with E-state index >= 15 is 0 Å². The predicted molar refractivity (Wildman–Crippen MR) is 234 cm³/mol. The van der Waals surface area contributed by atoms with E-state index in [1.54, 1.807) is 101 Å². The van der Waals surface area contributed by atoms with Crippen molar-refractivity contribution in [3.8, 4) is 56.8 Å². The number of nitrogens with one attached hydrogen (secondary N) is 2. The molecule has 0 saturated heterocycles. The summed E-state index contributed by atoms with van der Waals surface area (Å²) < 4.78 is 92.6. The zero-order valence-electron chi connectivity index (χ0n) is 37.6. The number of ether oxygens (including phenoxy) is 2. The molecule has 0 aliphatic heterocycles. The van der Waals surface area contributed by atoms with Gasteiger partial charge in [-0.05, 0) is 112 Å². The maximum Gasteiger partial charge on any atom is 1.00 e. The second-order valence-corrected chi connectivity index (χ2v) is 17.8. The second kappa shape index (κ2) is 20.3. The summed E-state index contributed by atoms with van der Waals surface area (Å²) in [5.74, 6) is 0.958. The smallest absolute Gasteiger partial charge is 0.541 e. The van der Waals surface area contributed by atoms with E-state index in [0.717, 1.165) is 11.1 Å². The molecule has 67 heavy (non-hydrogen) atoms. The van der Waals surface area contributed by atoms with Gasteiger partial charge in [0.25, 0.3) is 0 Å². The van der Waals surface area contributed by atoms with Gasteiger partial charge >= 0.3 is 47.9 Å². The van der Waals surface area contributed by atoms with E-state index < -0.39 is 40.0 Å². The third kappa shape index (κ3) is 11.3. The molecule has 0 atom stereocenters. The molecule has 350 valence electrons. The summed E-state index contributed by atoms with van der Waals surface area (Å²) in [6, 6.07) is 21.5. The number of halogens is 6. The number of benzene rings is 2. The number of carbonyl (C=O) groups is 1. The van der Waals surface area contributed by atoms with Crippen LogP contribution in [0.3, 0.4) is 0 Å². The van der Waals surface area contributed by atoms with Crippen molar-refractivity contribution in [3.63, 3.8) is 0 Å². The van der Waals surface area contributed by atoms with Gasteiger partial charge in [0.05, 0.1) is 34.8 Å². The molecule has 2 fully saturated rings. The number of H-pyrrole nitrogens is 2. The number of aliphatic carboxylic acids is 1. The summed E-state index contributed by atoms with van der Waals surface area (Å²) >= 11 is 0. The van der Waals surface area contributed by atoms with Gasteiger partial charge < -0.3 is 34.8 Å². The van der Waals surface area contributed by atoms with E-state index in [4.69, 9.17) is 14.6 Å². The van der Waals surface area contributed by atoms with Crippen molar-refractivity contribution in [2.75, 3.05) is 13.2 Å². The number of pyridine rings is 2. The average molecular weight is 944 g/mol. The molecule has 6 N–H and O–H groups in total. The molecule has 0 amide bonds. The number of carbonyl (C=O) groups excluding carboxylic acids is 1. The maximum absolute atomic E-state index is 13.6. The van der Waals surface area contributed by atoms with Gasteiger partial charge in [0, 0.05) is 47.0 Å². The zero-order valence-corrected chi connectivity index (χ0v) is 39.6. The second-order valence-electron chi connectivity index (χ2n) is 17.8. The summed E-state index contributed by atoms with van der Waals surface area (Å²) in [6.45, 7) is 6.94. The van der Waals surface area contributed by atoms with Crippen LogP contribution in [0.2, 0.25) is 0 Å². The fraction of sp³-hybridized carbons (Fsp3) is 0.375. The van der Waals surface area contributed by atoms with E-state index in [1.807, 2.05) is 18.4 Å². The Morgan fingerprint density at radius 1 is 0.612 bits per heavy atom. The van der Waals surface area contributed by atoms with Gasteiger partial charge in [-0.1, -0.05) is 32.1 Å². The Bertz CT molecular complexity index is 2590. The van der Waals surface area contributed by atoms with Gasteiger partial charge in [-0.2, -0.15) is 26.3 Å². The van der Waals surface area contributed by atoms with E-state index in [0.29, 0.717) is 58.5 Å². The molecule has 4 aromatic heterocycles. The van der Waals surface area contributed by atoms with Crippen LogP contribution in [0.25, 0.3) is 45.3 Å². The topological polar surface area (TPSA) is 189 Å². The molecule has 2 aliphatic rings. The standard InChI is InChI=1S/C24H24F3N3O3.C24H23F3N3O2.Na.H2O/c1-22(2,21(31)32)14-33-17-7-4-15(5-8-17)18-9-6-16(12-28-18)20-29-13-19(30-20)23(10-3-11-23)24(25,26)27;1-22(2,14-31)15-32-18-7-4-16(5-8-18)19-9-6-17(12-28-19)21-29-13-20(30-21)23(10-3-11-23)24(25,26)27;;/h4-9,12-13H,3,10-11,14H2,1-2H3,(H,29,30)(H,31,32);4-9,12-13H,3,10-11,15H2,1-2H3,(H,29,30);;1H2/q;-1;+1;/p+1. The van der Waals surface area contributed by atoms with Crippen molar-refractivity contribution in [2.45, 2.75) is 89.4 Å². The van der Waals surface area contributed by atoms with Crippen LogP contribution in [-0.2, 0) is 25.9 Å². The van der Waals surface area contributed by atoms with Gasteiger partial charge in [-0.15, -0.1) is 0 Å². The van der Waals surface area contributed by atoms with E-state index in [2.05, 4.69) is 29.9 Å². The first-order valence-corrected chi connectivity index (χ1v) is 20.9. The minimum Gasteiger partial charge on any atom is -0.541 e. The van der Waals surface area contributed by atoms with Crippen molar-refractivity contribution in [1.29, 1.82) is 0 Å². The summed E-state index contributed by atoms with van der Waals surface area (Å²) in [6.07, 6.45) is 0.476. The average Bonchev–Trinajstić information content (AvgIpc) is 3.93.